The summed E-state index contributed by atoms with van der Waals surface area (Å²) >= 11 is 4.65. The molecule has 4 N–H and O–H groups in total. The second kappa shape index (κ2) is 4.06. The van der Waals surface area contributed by atoms with Gasteiger partial charge in [-0.2, -0.15) is 0 Å². The largest absolute Gasteiger partial charge is 0.508 e. The molecule has 0 saturated heterocycles. The van der Waals surface area contributed by atoms with Crippen LogP contribution in [0.4, 0.5) is 5.69 Å². The molecule has 74 valence electrons. The average molecular weight is 210 g/mol. The number of aromatic hydroxyl groups is 1. The Morgan fingerprint density at radius 3 is 2.71 bits per heavy atom. The average Bonchev–Trinajstić information content (AvgIpc) is 2.07. The maximum atomic E-state index is 11.2. The first-order chi connectivity index (χ1) is 6.50. The van der Waals surface area contributed by atoms with Crippen molar-refractivity contribution in [3.8, 4) is 5.75 Å². The summed E-state index contributed by atoms with van der Waals surface area (Å²) in [7, 11) is 0. The number of ketones is 1. The zero-order valence-electron chi connectivity index (χ0n) is 7.57. The molecular formula is C9H10N2O2S. The standard InChI is InChI=1S/C9H10N2O2S/c1-5(12)7-4-6(13)2-3-8(7)11-9(10)14/h2-4,13H,1H3,(H3,10,11,14). The normalized spacial score (nSPS) is 9.50. The molecule has 0 radical (unpaired) electrons. The molecular weight excluding hydrogens is 200 g/mol. The van der Waals surface area contributed by atoms with Crippen LogP contribution in [0.3, 0.4) is 0 Å². The van der Waals surface area contributed by atoms with Crippen LogP contribution >= 0.6 is 12.2 Å². The minimum atomic E-state index is -0.167. The predicted molar refractivity (Wildman–Crippen MR) is 58.5 cm³/mol. The van der Waals surface area contributed by atoms with Crippen molar-refractivity contribution in [1.29, 1.82) is 0 Å². The Balaban J connectivity index is 3.14. The molecule has 0 unspecified atom stereocenters. The van der Waals surface area contributed by atoms with Gasteiger partial charge < -0.3 is 16.2 Å². The molecule has 14 heavy (non-hydrogen) atoms. The predicted octanol–water partition coefficient (Wildman–Crippen LogP) is 1.25. The topological polar surface area (TPSA) is 75.3 Å². The number of carbonyl (C=O) groups is 1. The lowest BCUT2D eigenvalue weighted by Gasteiger charge is -2.08. The molecule has 0 heterocycles. The zero-order valence-corrected chi connectivity index (χ0v) is 8.39. The number of nitrogens with one attached hydrogen (secondary N) is 1. The van der Waals surface area contributed by atoms with E-state index in [-0.39, 0.29) is 16.6 Å². The highest BCUT2D eigenvalue weighted by atomic mass is 32.1. The Bertz CT molecular complexity index is 390. The van der Waals surface area contributed by atoms with Gasteiger partial charge in [-0.05, 0) is 37.3 Å². The molecule has 0 atom stereocenters. The first-order valence-electron chi connectivity index (χ1n) is 3.91. The third kappa shape index (κ3) is 2.43. The molecule has 0 bridgehead atoms. The van der Waals surface area contributed by atoms with Crippen molar-refractivity contribution in [3.63, 3.8) is 0 Å². The van der Waals surface area contributed by atoms with E-state index in [1.807, 2.05) is 0 Å². The van der Waals surface area contributed by atoms with Crippen LogP contribution in [-0.2, 0) is 0 Å². The molecule has 0 amide bonds. The van der Waals surface area contributed by atoms with E-state index in [2.05, 4.69) is 17.5 Å². The summed E-state index contributed by atoms with van der Waals surface area (Å²) in [5.41, 5.74) is 6.14. The van der Waals surface area contributed by atoms with Gasteiger partial charge in [0.1, 0.15) is 5.75 Å². The molecule has 5 heteroatoms. The number of hydrogen-bond donors (Lipinski definition) is 3. The summed E-state index contributed by atoms with van der Waals surface area (Å²) in [6.07, 6.45) is 0. The second-order valence-electron chi connectivity index (χ2n) is 2.78. The van der Waals surface area contributed by atoms with Gasteiger partial charge >= 0.3 is 0 Å². The molecule has 1 aromatic rings. The van der Waals surface area contributed by atoms with E-state index in [0.29, 0.717) is 11.3 Å². The summed E-state index contributed by atoms with van der Waals surface area (Å²) in [5, 5.41) is 11.9. The molecule has 0 aliphatic heterocycles. The molecule has 1 aromatic carbocycles. The number of benzene rings is 1. The highest BCUT2D eigenvalue weighted by Crippen LogP contribution is 2.21. The van der Waals surface area contributed by atoms with E-state index >= 15 is 0 Å². The van der Waals surface area contributed by atoms with Crippen LogP contribution in [0.2, 0.25) is 0 Å². The summed E-state index contributed by atoms with van der Waals surface area (Å²) in [4.78, 5) is 11.2. The van der Waals surface area contributed by atoms with Crippen molar-refractivity contribution >= 4 is 28.8 Å². The molecule has 0 aliphatic rings. The van der Waals surface area contributed by atoms with Crippen molar-refractivity contribution in [2.45, 2.75) is 6.92 Å². The van der Waals surface area contributed by atoms with E-state index in [9.17, 15) is 9.90 Å². The number of nitrogens with two attached hydrogens (primary N) is 1. The van der Waals surface area contributed by atoms with Crippen LogP contribution in [0.5, 0.6) is 5.75 Å². The monoisotopic (exact) mass is 210 g/mol. The van der Waals surface area contributed by atoms with E-state index in [1.54, 1.807) is 6.07 Å². The minimum Gasteiger partial charge on any atom is -0.508 e. The lowest BCUT2D eigenvalue weighted by atomic mass is 10.1. The number of carbonyl (C=O) groups excluding carboxylic acids is 1. The Kier molecular flexibility index (Phi) is 3.03. The highest BCUT2D eigenvalue weighted by molar-refractivity contribution is 7.80. The van der Waals surface area contributed by atoms with E-state index in [4.69, 9.17) is 5.73 Å². The van der Waals surface area contributed by atoms with E-state index < -0.39 is 0 Å². The Morgan fingerprint density at radius 1 is 1.57 bits per heavy atom. The van der Waals surface area contributed by atoms with Crippen molar-refractivity contribution in [1.82, 2.24) is 0 Å². The fourth-order valence-corrected chi connectivity index (χ4v) is 1.18. The van der Waals surface area contributed by atoms with E-state index in [0.717, 1.165) is 0 Å². The zero-order chi connectivity index (χ0) is 10.7. The number of thiocarbonyl (C=S) groups is 1. The van der Waals surface area contributed by atoms with Gasteiger partial charge in [0.05, 0.1) is 5.69 Å². The summed E-state index contributed by atoms with van der Waals surface area (Å²) in [6.45, 7) is 1.40. The van der Waals surface area contributed by atoms with Crippen molar-refractivity contribution in [2.24, 2.45) is 5.73 Å². The first kappa shape index (κ1) is 10.5. The molecule has 0 aromatic heterocycles. The Morgan fingerprint density at radius 2 is 2.21 bits per heavy atom. The van der Waals surface area contributed by atoms with Crippen LogP contribution in [0.25, 0.3) is 0 Å². The molecule has 0 spiro atoms. The maximum Gasteiger partial charge on any atom is 0.168 e. The number of anilines is 1. The summed E-state index contributed by atoms with van der Waals surface area (Å²) in [6, 6.07) is 4.36. The van der Waals surface area contributed by atoms with Crippen LogP contribution in [0, 0.1) is 0 Å². The Labute approximate surface area is 86.7 Å². The molecule has 0 saturated carbocycles. The fourth-order valence-electron chi connectivity index (χ4n) is 1.07. The van der Waals surface area contributed by atoms with Gasteiger partial charge in [-0.1, -0.05) is 0 Å². The number of hydrogen-bond acceptors (Lipinski definition) is 3. The number of Topliss-reactive ketones (excluding diaryl/α,β-unsaturated/α-hetero) is 1. The quantitative estimate of drug-likeness (QED) is 0.389. The van der Waals surface area contributed by atoms with Gasteiger partial charge in [-0.3, -0.25) is 4.79 Å². The SMILES string of the molecule is CC(=O)c1cc(O)ccc1NC(N)=S. The second-order valence-corrected chi connectivity index (χ2v) is 3.22. The van der Waals surface area contributed by atoms with Gasteiger partial charge in [-0.25, -0.2) is 0 Å². The maximum absolute atomic E-state index is 11.2. The van der Waals surface area contributed by atoms with Crippen LogP contribution in [0.15, 0.2) is 18.2 Å². The number of rotatable bonds is 2. The van der Waals surface area contributed by atoms with Crippen molar-refractivity contribution < 1.29 is 9.90 Å². The van der Waals surface area contributed by atoms with Crippen LogP contribution in [-0.4, -0.2) is 16.0 Å². The van der Waals surface area contributed by atoms with Crippen molar-refractivity contribution in [2.75, 3.05) is 5.32 Å². The third-order valence-corrected chi connectivity index (χ3v) is 1.74. The molecule has 0 aliphatic carbocycles. The lowest BCUT2D eigenvalue weighted by molar-refractivity contribution is 0.101. The molecule has 1 rings (SSSR count). The molecule has 0 fully saturated rings. The van der Waals surface area contributed by atoms with Crippen LogP contribution < -0.4 is 11.1 Å². The van der Waals surface area contributed by atoms with Crippen molar-refractivity contribution in [3.05, 3.63) is 23.8 Å². The van der Waals surface area contributed by atoms with Gasteiger partial charge in [0.15, 0.2) is 10.9 Å². The van der Waals surface area contributed by atoms with Gasteiger partial charge in [-0.15, -0.1) is 0 Å². The minimum absolute atomic E-state index is 0.0312. The summed E-state index contributed by atoms with van der Waals surface area (Å²) < 4.78 is 0. The lowest BCUT2D eigenvalue weighted by Crippen LogP contribution is -2.20. The highest BCUT2D eigenvalue weighted by Gasteiger charge is 2.08. The van der Waals surface area contributed by atoms with Gasteiger partial charge in [0.2, 0.25) is 0 Å². The summed E-state index contributed by atoms with van der Waals surface area (Å²) in [5.74, 6) is -0.136. The van der Waals surface area contributed by atoms with Crippen LogP contribution in [0.1, 0.15) is 17.3 Å². The smallest absolute Gasteiger partial charge is 0.168 e. The number of phenols is 1. The number of phenolic OH excluding ortho intramolecular Hbond substituents is 1. The molecule has 4 nitrogen and oxygen atoms in total. The van der Waals surface area contributed by atoms with Gasteiger partial charge in [0.25, 0.3) is 0 Å². The fraction of sp³-hybridized carbons (Fsp3) is 0.111. The Hall–Kier alpha value is -1.62. The van der Waals surface area contributed by atoms with Gasteiger partial charge in [0, 0.05) is 5.56 Å². The third-order valence-electron chi connectivity index (χ3n) is 1.64. The first-order valence-corrected chi connectivity index (χ1v) is 4.32. The van der Waals surface area contributed by atoms with E-state index in [1.165, 1.54) is 19.1 Å².